The van der Waals surface area contributed by atoms with Gasteiger partial charge in [0.05, 0.1) is 12.6 Å². The van der Waals surface area contributed by atoms with E-state index < -0.39 is 0 Å². The molecule has 0 spiro atoms. The van der Waals surface area contributed by atoms with Gasteiger partial charge in [-0.25, -0.2) is 0 Å². The number of benzene rings is 1. The summed E-state index contributed by atoms with van der Waals surface area (Å²) >= 11 is 5.98. The molecule has 1 aromatic carbocycles. The zero-order valence-corrected chi connectivity index (χ0v) is 13.9. The molecule has 1 fully saturated rings. The Bertz CT molecular complexity index is 699. The van der Waals surface area contributed by atoms with E-state index in [4.69, 9.17) is 16.0 Å². The Morgan fingerprint density at radius 2 is 2.26 bits per heavy atom. The predicted octanol–water partition coefficient (Wildman–Crippen LogP) is 2.66. The predicted molar refractivity (Wildman–Crippen MR) is 87.0 cm³/mol. The molecule has 7 heteroatoms. The fourth-order valence-electron chi connectivity index (χ4n) is 2.19. The normalized spacial score (nSPS) is 15.7. The van der Waals surface area contributed by atoms with Crippen molar-refractivity contribution in [2.75, 3.05) is 13.6 Å². The maximum absolute atomic E-state index is 11.9. The Balaban J connectivity index is 1.65. The number of hydrogen-bond acceptors (Lipinski definition) is 5. The molecule has 1 N–H and O–H groups in total. The number of nitrogens with one attached hydrogen (secondary N) is 1. The van der Waals surface area contributed by atoms with Crippen LogP contribution in [0.25, 0.3) is 11.5 Å². The third-order valence-corrected chi connectivity index (χ3v) is 4.10. The first-order valence-corrected chi connectivity index (χ1v) is 7.99. The number of aromatic nitrogens is 2. The molecule has 1 aliphatic carbocycles. The van der Waals surface area contributed by atoms with Crippen molar-refractivity contribution in [2.45, 2.75) is 31.8 Å². The van der Waals surface area contributed by atoms with Gasteiger partial charge < -0.3 is 9.73 Å². The molecule has 1 aromatic heterocycles. The maximum atomic E-state index is 11.9. The Hall–Kier alpha value is -1.92. The van der Waals surface area contributed by atoms with Crippen LogP contribution in [-0.2, 0) is 4.79 Å². The van der Waals surface area contributed by atoms with E-state index >= 15 is 0 Å². The van der Waals surface area contributed by atoms with Crippen molar-refractivity contribution in [3.63, 3.8) is 0 Å². The molecule has 1 aliphatic rings. The van der Waals surface area contributed by atoms with Gasteiger partial charge in [0.25, 0.3) is 0 Å². The highest BCUT2D eigenvalue weighted by atomic mass is 35.5. The minimum absolute atomic E-state index is 0.0245. The summed E-state index contributed by atoms with van der Waals surface area (Å²) in [4.78, 5) is 13.8. The summed E-state index contributed by atoms with van der Waals surface area (Å²) < 4.78 is 5.73. The van der Waals surface area contributed by atoms with Crippen molar-refractivity contribution in [3.05, 3.63) is 35.2 Å². The lowest BCUT2D eigenvalue weighted by Gasteiger charge is -2.20. The monoisotopic (exact) mass is 334 g/mol. The van der Waals surface area contributed by atoms with Crippen LogP contribution >= 0.6 is 11.6 Å². The van der Waals surface area contributed by atoms with Gasteiger partial charge in [0.2, 0.25) is 17.7 Å². The summed E-state index contributed by atoms with van der Waals surface area (Å²) in [6.07, 6.45) is 2.16. The summed E-state index contributed by atoms with van der Waals surface area (Å²) in [6.45, 7) is 2.23. The summed E-state index contributed by atoms with van der Waals surface area (Å²) in [6, 6.07) is 7.47. The van der Waals surface area contributed by atoms with Crippen LogP contribution in [0.3, 0.4) is 0 Å². The topological polar surface area (TPSA) is 71.3 Å². The van der Waals surface area contributed by atoms with Crippen LogP contribution in [0.15, 0.2) is 28.7 Å². The molecule has 1 amide bonds. The zero-order chi connectivity index (χ0) is 16.4. The number of likely N-dealkylation sites (N-methyl/N-ethyl adjacent to an activating group) is 1. The van der Waals surface area contributed by atoms with Crippen LogP contribution in [0.2, 0.25) is 5.02 Å². The molecule has 1 saturated carbocycles. The molecular formula is C16H19ClN4O2. The molecule has 122 valence electrons. The summed E-state index contributed by atoms with van der Waals surface area (Å²) in [5.74, 6) is 0.920. The van der Waals surface area contributed by atoms with Gasteiger partial charge in [0.15, 0.2) is 0 Å². The number of carbonyl (C=O) groups excluding carboxylic acids is 1. The van der Waals surface area contributed by atoms with E-state index in [1.54, 1.807) is 12.1 Å². The van der Waals surface area contributed by atoms with Crippen molar-refractivity contribution in [2.24, 2.45) is 0 Å². The summed E-state index contributed by atoms with van der Waals surface area (Å²) in [5, 5.41) is 11.7. The van der Waals surface area contributed by atoms with E-state index in [9.17, 15) is 4.79 Å². The van der Waals surface area contributed by atoms with Gasteiger partial charge in [-0.1, -0.05) is 17.7 Å². The molecule has 0 saturated heterocycles. The molecule has 1 atom stereocenters. The van der Waals surface area contributed by atoms with E-state index in [1.165, 1.54) is 0 Å². The van der Waals surface area contributed by atoms with E-state index in [0.717, 1.165) is 18.4 Å². The maximum Gasteiger partial charge on any atom is 0.247 e. The third-order valence-electron chi connectivity index (χ3n) is 3.87. The summed E-state index contributed by atoms with van der Waals surface area (Å²) in [5.41, 5.74) is 0.776. The Kier molecular flexibility index (Phi) is 4.63. The molecular weight excluding hydrogens is 316 g/mol. The number of carbonyl (C=O) groups is 1. The Morgan fingerprint density at radius 1 is 1.48 bits per heavy atom. The van der Waals surface area contributed by atoms with Crippen molar-refractivity contribution >= 4 is 17.5 Å². The van der Waals surface area contributed by atoms with Crippen LogP contribution in [0.1, 0.15) is 31.7 Å². The second kappa shape index (κ2) is 6.68. The van der Waals surface area contributed by atoms with Gasteiger partial charge in [-0.3, -0.25) is 9.69 Å². The first kappa shape index (κ1) is 16.0. The molecule has 6 nitrogen and oxygen atoms in total. The highest BCUT2D eigenvalue weighted by Crippen LogP contribution is 2.25. The first-order valence-electron chi connectivity index (χ1n) is 7.62. The molecule has 0 radical (unpaired) electrons. The SMILES string of the molecule is C[C@@H](c1nnc(-c2cccc(Cl)c2)o1)N(C)CC(=O)NC1CC1. The van der Waals surface area contributed by atoms with Gasteiger partial charge in [-0.05, 0) is 45.0 Å². The van der Waals surface area contributed by atoms with Crippen molar-refractivity contribution < 1.29 is 9.21 Å². The van der Waals surface area contributed by atoms with Gasteiger partial charge >= 0.3 is 0 Å². The lowest BCUT2D eigenvalue weighted by molar-refractivity contribution is -0.122. The number of halogens is 1. The molecule has 0 unspecified atom stereocenters. The smallest absolute Gasteiger partial charge is 0.247 e. The number of hydrogen-bond donors (Lipinski definition) is 1. The van der Waals surface area contributed by atoms with E-state index in [0.29, 0.717) is 29.4 Å². The van der Waals surface area contributed by atoms with Crippen molar-refractivity contribution in [3.8, 4) is 11.5 Å². The van der Waals surface area contributed by atoms with E-state index in [-0.39, 0.29) is 11.9 Å². The fraction of sp³-hybridized carbons (Fsp3) is 0.438. The molecule has 23 heavy (non-hydrogen) atoms. The molecule has 0 bridgehead atoms. The number of rotatable bonds is 6. The molecule has 2 aromatic rings. The zero-order valence-electron chi connectivity index (χ0n) is 13.1. The standard InChI is InChI=1S/C16H19ClN4O2/c1-10(21(2)9-14(22)18-13-6-7-13)15-19-20-16(23-15)11-4-3-5-12(17)8-11/h3-5,8,10,13H,6-7,9H2,1-2H3,(H,18,22)/t10-/m0/s1. The fourth-order valence-corrected chi connectivity index (χ4v) is 2.38. The molecule has 3 rings (SSSR count). The van der Waals surface area contributed by atoms with Gasteiger partial charge in [-0.2, -0.15) is 0 Å². The quantitative estimate of drug-likeness (QED) is 0.879. The lowest BCUT2D eigenvalue weighted by Crippen LogP contribution is -2.37. The second-order valence-electron chi connectivity index (χ2n) is 5.89. The van der Waals surface area contributed by atoms with Crippen LogP contribution in [-0.4, -0.2) is 40.6 Å². The molecule has 0 aliphatic heterocycles. The Labute approximate surface area is 139 Å². The van der Waals surface area contributed by atoms with Crippen LogP contribution in [0, 0.1) is 0 Å². The van der Waals surface area contributed by atoms with Gasteiger partial charge in [-0.15, -0.1) is 10.2 Å². The highest BCUT2D eigenvalue weighted by molar-refractivity contribution is 6.30. The summed E-state index contributed by atoms with van der Waals surface area (Å²) in [7, 11) is 1.86. The van der Waals surface area contributed by atoms with E-state index in [2.05, 4.69) is 15.5 Å². The van der Waals surface area contributed by atoms with Crippen molar-refractivity contribution in [1.82, 2.24) is 20.4 Å². The lowest BCUT2D eigenvalue weighted by atomic mass is 10.2. The Morgan fingerprint density at radius 3 is 2.96 bits per heavy atom. The van der Waals surface area contributed by atoms with Crippen LogP contribution < -0.4 is 5.32 Å². The average Bonchev–Trinajstić information content (AvgIpc) is 3.18. The van der Waals surface area contributed by atoms with Crippen molar-refractivity contribution in [1.29, 1.82) is 0 Å². The van der Waals surface area contributed by atoms with Gasteiger partial charge in [0.1, 0.15) is 0 Å². The van der Waals surface area contributed by atoms with Gasteiger partial charge in [0, 0.05) is 16.6 Å². The second-order valence-corrected chi connectivity index (χ2v) is 6.33. The van der Waals surface area contributed by atoms with Crippen LogP contribution in [0.5, 0.6) is 0 Å². The average molecular weight is 335 g/mol. The van der Waals surface area contributed by atoms with E-state index in [1.807, 2.05) is 31.0 Å². The third kappa shape index (κ3) is 4.09. The first-order chi connectivity index (χ1) is 11.0. The number of nitrogens with zero attached hydrogens (tertiary/aromatic N) is 3. The highest BCUT2D eigenvalue weighted by Gasteiger charge is 2.25. The number of amides is 1. The van der Waals surface area contributed by atoms with Crippen LogP contribution in [0.4, 0.5) is 0 Å². The largest absolute Gasteiger partial charge is 0.419 e. The minimum atomic E-state index is -0.152. The minimum Gasteiger partial charge on any atom is -0.419 e. The molecule has 1 heterocycles.